The lowest BCUT2D eigenvalue weighted by Crippen LogP contribution is -2.25. The van der Waals surface area contributed by atoms with Crippen molar-refractivity contribution in [2.75, 3.05) is 0 Å². The minimum Gasteiger partial charge on any atom is -0.311 e. The number of fused-ring (bicyclic) bond motifs is 1. The third-order valence-corrected chi connectivity index (χ3v) is 3.89. The summed E-state index contributed by atoms with van der Waals surface area (Å²) < 4.78 is 2.11. The Balaban J connectivity index is 2.22. The molecular formula is C14H16ClN3. The fourth-order valence-electron chi connectivity index (χ4n) is 2.64. The van der Waals surface area contributed by atoms with Gasteiger partial charge in [0.1, 0.15) is 5.82 Å². The van der Waals surface area contributed by atoms with Crippen LogP contribution >= 0.6 is 11.6 Å². The monoisotopic (exact) mass is 261 g/mol. The van der Waals surface area contributed by atoms with Gasteiger partial charge in [0.2, 0.25) is 0 Å². The lowest BCUT2D eigenvalue weighted by molar-refractivity contribution is 0.418. The minimum atomic E-state index is -0.0108. The Morgan fingerprint density at radius 1 is 1.39 bits per heavy atom. The number of hydrogen-bond donors (Lipinski definition) is 1. The fourth-order valence-corrected chi connectivity index (χ4v) is 2.91. The van der Waals surface area contributed by atoms with Gasteiger partial charge in [-0.15, -0.1) is 0 Å². The Bertz CT molecular complexity index is 589. The second-order valence-corrected chi connectivity index (χ2v) is 5.18. The van der Waals surface area contributed by atoms with Crippen molar-refractivity contribution in [3.05, 3.63) is 40.7 Å². The van der Waals surface area contributed by atoms with Gasteiger partial charge in [-0.1, -0.05) is 35.9 Å². The normalized spacial score (nSPS) is 18.7. The Labute approximate surface area is 112 Å². The summed E-state index contributed by atoms with van der Waals surface area (Å²) in [7, 11) is 0. The molecule has 3 rings (SSSR count). The van der Waals surface area contributed by atoms with Crippen molar-refractivity contribution in [2.45, 2.75) is 32.4 Å². The smallest absolute Gasteiger partial charge is 0.151 e. The maximum absolute atomic E-state index is 6.24. The molecule has 1 aliphatic rings. The van der Waals surface area contributed by atoms with E-state index in [0.29, 0.717) is 5.15 Å². The number of aryl methyl sites for hydroxylation is 1. The molecule has 94 valence electrons. The summed E-state index contributed by atoms with van der Waals surface area (Å²) in [6.07, 6.45) is 3.02. The first-order valence-electron chi connectivity index (χ1n) is 6.26. The van der Waals surface area contributed by atoms with E-state index in [0.717, 1.165) is 36.3 Å². The third-order valence-electron chi connectivity index (χ3n) is 3.59. The third kappa shape index (κ3) is 1.74. The molecular weight excluding hydrogens is 246 g/mol. The van der Waals surface area contributed by atoms with Gasteiger partial charge in [-0.3, -0.25) is 0 Å². The van der Waals surface area contributed by atoms with Crippen molar-refractivity contribution in [3.8, 4) is 11.4 Å². The topological polar surface area (TPSA) is 43.8 Å². The second kappa shape index (κ2) is 4.41. The Kier molecular flexibility index (Phi) is 2.88. The molecule has 4 heteroatoms. The molecule has 2 N–H and O–H groups in total. The van der Waals surface area contributed by atoms with E-state index in [1.54, 1.807) is 0 Å². The van der Waals surface area contributed by atoms with E-state index < -0.39 is 0 Å². The van der Waals surface area contributed by atoms with Crippen molar-refractivity contribution in [1.29, 1.82) is 0 Å². The molecule has 0 aliphatic carbocycles. The molecule has 18 heavy (non-hydrogen) atoms. The summed E-state index contributed by atoms with van der Waals surface area (Å²) >= 11 is 6.24. The average molecular weight is 262 g/mol. The lowest BCUT2D eigenvalue weighted by Gasteiger charge is -2.24. The first-order valence-corrected chi connectivity index (χ1v) is 6.64. The summed E-state index contributed by atoms with van der Waals surface area (Å²) in [5.74, 6) is 0.903. The summed E-state index contributed by atoms with van der Waals surface area (Å²) in [4.78, 5) is 4.52. The Morgan fingerprint density at radius 3 is 2.94 bits per heavy atom. The Morgan fingerprint density at radius 2 is 2.17 bits per heavy atom. The van der Waals surface area contributed by atoms with E-state index in [9.17, 15) is 0 Å². The molecule has 1 aromatic heterocycles. The molecule has 3 nitrogen and oxygen atoms in total. The highest BCUT2D eigenvalue weighted by Gasteiger charge is 2.25. The molecule has 0 bridgehead atoms. The maximum Gasteiger partial charge on any atom is 0.151 e. The fraction of sp³-hybridized carbons (Fsp3) is 0.357. The van der Waals surface area contributed by atoms with Crippen molar-refractivity contribution < 1.29 is 0 Å². The van der Waals surface area contributed by atoms with Gasteiger partial charge in [0, 0.05) is 5.56 Å². The van der Waals surface area contributed by atoms with Crippen LogP contribution in [-0.4, -0.2) is 9.55 Å². The quantitative estimate of drug-likeness (QED) is 0.856. The predicted octanol–water partition coefficient (Wildman–Crippen LogP) is 3.31. The molecule has 0 spiro atoms. The van der Waals surface area contributed by atoms with Crippen LogP contribution in [-0.2, 0) is 6.42 Å². The highest BCUT2D eigenvalue weighted by Crippen LogP contribution is 2.34. The van der Waals surface area contributed by atoms with Gasteiger partial charge in [0.25, 0.3) is 0 Å². The summed E-state index contributed by atoms with van der Waals surface area (Å²) in [5, 5.41) is 0.600. The van der Waals surface area contributed by atoms with Gasteiger partial charge in [-0.2, -0.15) is 0 Å². The largest absolute Gasteiger partial charge is 0.311 e. The van der Waals surface area contributed by atoms with E-state index in [1.165, 1.54) is 5.56 Å². The number of nitrogens with zero attached hydrogens (tertiary/aromatic N) is 2. The molecule has 1 atom stereocenters. The molecule has 0 fully saturated rings. The van der Waals surface area contributed by atoms with Crippen LogP contribution in [0.25, 0.3) is 11.4 Å². The summed E-state index contributed by atoms with van der Waals surface area (Å²) in [5.41, 5.74) is 9.60. The average Bonchev–Trinajstić information content (AvgIpc) is 2.69. The van der Waals surface area contributed by atoms with Gasteiger partial charge < -0.3 is 10.3 Å². The predicted molar refractivity (Wildman–Crippen MR) is 73.6 cm³/mol. The second-order valence-electron chi connectivity index (χ2n) is 4.82. The molecule has 2 aromatic rings. The van der Waals surface area contributed by atoms with E-state index >= 15 is 0 Å². The van der Waals surface area contributed by atoms with Gasteiger partial charge in [0.05, 0.1) is 11.9 Å². The number of aromatic nitrogens is 2. The molecule has 0 amide bonds. The maximum atomic E-state index is 6.24. The number of rotatable bonds is 1. The zero-order valence-electron chi connectivity index (χ0n) is 10.4. The first kappa shape index (κ1) is 11.8. The van der Waals surface area contributed by atoms with Gasteiger partial charge in [-0.05, 0) is 31.7 Å². The van der Waals surface area contributed by atoms with E-state index in [1.807, 2.05) is 12.1 Å². The Hall–Kier alpha value is -1.32. The van der Waals surface area contributed by atoms with Crippen LogP contribution in [0.4, 0.5) is 0 Å². The zero-order chi connectivity index (χ0) is 12.7. The molecule has 1 aliphatic heterocycles. The summed E-state index contributed by atoms with van der Waals surface area (Å²) in [6.45, 7) is 2.08. The van der Waals surface area contributed by atoms with Crippen LogP contribution in [0.5, 0.6) is 0 Å². The first-order chi connectivity index (χ1) is 8.68. The van der Waals surface area contributed by atoms with Crippen molar-refractivity contribution >= 4 is 11.6 Å². The molecule has 1 aromatic carbocycles. The number of halogens is 1. The van der Waals surface area contributed by atoms with Crippen LogP contribution in [0, 0.1) is 6.92 Å². The zero-order valence-corrected chi connectivity index (χ0v) is 11.1. The van der Waals surface area contributed by atoms with Crippen LogP contribution in [0.2, 0.25) is 5.15 Å². The number of benzene rings is 1. The van der Waals surface area contributed by atoms with Crippen molar-refractivity contribution in [2.24, 2.45) is 5.73 Å². The SMILES string of the molecule is Cc1ccccc1-c1nc(Cl)c2n1C(N)CCC2. The van der Waals surface area contributed by atoms with Crippen molar-refractivity contribution in [1.82, 2.24) is 9.55 Å². The number of nitrogens with two attached hydrogens (primary N) is 1. The number of hydrogen-bond acceptors (Lipinski definition) is 2. The van der Waals surface area contributed by atoms with Crippen LogP contribution < -0.4 is 5.73 Å². The highest BCUT2D eigenvalue weighted by molar-refractivity contribution is 6.30. The standard InChI is InChI=1S/C14H16ClN3/c1-9-5-2-3-6-10(9)14-17-13(15)11-7-4-8-12(16)18(11)14/h2-3,5-6,12H,4,7-8,16H2,1H3. The number of imidazole rings is 1. The molecule has 0 saturated carbocycles. The lowest BCUT2D eigenvalue weighted by atomic mass is 10.1. The highest BCUT2D eigenvalue weighted by atomic mass is 35.5. The molecule has 0 saturated heterocycles. The van der Waals surface area contributed by atoms with E-state index in [4.69, 9.17) is 17.3 Å². The van der Waals surface area contributed by atoms with Gasteiger partial charge in [0.15, 0.2) is 5.15 Å². The van der Waals surface area contributed by atoms with Gasteiger partial charge >= 0.3 is 0 Å². The van der Waals surface area contributed by atoms with Crippen LogP contribution in [0.3, 0.4) is 0 Å². The van der Waals surface area contributed by atoms with Crippen LogP contribution in [0.15, 0.2) is 24.3 Å². The molecule has 0 radical (unpaired) electrons. The molecule has 2 heterocycles. The molecule has 1 unspecified atom stereocenters. The minimum absolute atomic E-state index is 0.0108. The van der Waals surface area contributed by atoms with E-state index in [-0.39, 0.29) is 6.17 Å². The van der Waals surface area contributed by atoms with E-state index in [2.05, 4.69) is 28.6 Å². The van der Waals surface area contributed by atoms with Gasteiger partial charge in [-0.25, -0.2) is 4.98 Å². The van der Waals surface area contributed by atoms with Crippen molar-refractivity contribution in [3.63, 3.8) is 0 Å². The summed E-state index contributed by atoms with van der Waals surface area (Å²) in [6, 6.07) is 8.20. The van der Waals surface area contributed by atoms with Crippen LogP contribution in [0.1, 0.15) is 30.3 Å².